The highest BCUT2D eigenvalue weighted by Gasteiger charge is 2.23. The van der Waals surface area contributed by atoms with Gasteiger partial charge in [-0.25, -0.2) is 26.4 Å². The molecule has 0 saturated carbocycles. The van der Waals surface area contributed by atoms with Crippen molar-refractivity contribution < 1.29 is 46.1 Å². The fraction of sp³-hybridized carbons (Fsp3) is 0.125. The van der Waals surface area contributed by atoms with Gasteiger partial charge in [0, 0.05) is 21.4 Å². The molecule has 2 aromatic carbocycles. The molecule has 0 bridgehead atoms. The number of methoxy groups -OCH3 is 2. The molecule has 32 heavy (non-hydrogen) atoms. The van der Waals surface area contributed by atoms with Crippen LogP contribution < -0.4 is 4.74 Å². The minimum Gasteiger partial charge on any atom is -0.505 e. The fourth-order valence-electron chi connectivity index (χ4n) is 2.07. The number of aromatic hydroxyl groups is 1. The van der Waals surface area contributed by atoms with Crippen LogP contribution in [0.5, 0.6) is 11.5 Å². The number of carboxylic acids is 1. The number of ether oxygens (including phenoxy) is 2. The number of carbonyl (C=O) groups is 2. The van der Waals surface area contributed by atoms with Gasteiger partial charge in [-0.3, -0.25) is 0 Å². The Bertz CT molecular complexity index is 1270. The van der Waals surface area contributed by atoms with Crippen LogP contribution in [0.15, 0.2) is 34.1 Å². The van der Waals surface area contributed by atoms with Crippen LogP contribution in [0, 0.1) is 0 Å². The Balaban J connectivity index is 0.000000323. The summed E-state index contributed by atoms with van der Waals surface area (Å²) in [5.41, 5.74) is -0.408. The molecule has 0 atom stereocenters. The molecule has 0 saturated heterocycles. The minimum atomic E-state index is -4.24. The first-order valence-electron chi connectivity index (χ1n) is 7.65. The standard InChI is InChI=1S/C9H8Cl2O5S.C7H4Cl2O5S/c1-15-8-6(10)3-5(9(12)16-2)4-7(8)17(11,13)14;8-4-1-3(7(11)12)2-5(6(4)10)15(9,13)14/h3-4H,1-2H3;1-2,10H,(H,11,12). The van der Waals surface area contributed by atoms with Crippen molar-refractivity contribution in [3.63, 3.8) is 0 Å². The maximum atomic E-state index is 11.3. The van der Waals surface area contributed by atoms with Crippen molar-refractivity contribution in [1.82, 2.24) is 0 Å². The number of halogens is 4. The lowest BCUT2D eigenvalue weighted by atomic mass is 10.2. The monoisotopic (exact) mass is 568 g/mol. The Morgan fingerprint density at radius 1 is 0.844 bits per heavy atom. The quantitative estimate of drug-likeness (QED) is 0.400. The summed E-state index contributed by atoms with van der Waals surface area (Å²) in [6.07, 6.45) is 0. The lowest BCUT2D eigenvalue weighted by Crippen LogP contribution is -2.05. The van der Waals surface area contributed by atoms with Crippen LogP contribution in [0.1, 0.15) is 20.7 Å². The van der Waals surface area contributed by atoms with Crippen LogP contribution in [0.2, 0.25) is 10.0 Å². The summed E-state index contributed by atoms with van der Waals surface area (Å²) in [4.78, 5) is 20.7. The Morgan fingerprint density at radius 3 is 1.72 bits per heavy atom. The third kappa shape index (κ3) is 7.02. The minimum absolute atomic E-state index is 0.0301. The van der Waals surface area contributed by atoms with E-state index in [1.54, 1.807) is 0 Å². The van der Waals surface area contributed by atoms with Gasteiger partial charge in [-0.1, -0.05) is 23.2 Å². The van der Waals surface area contributed by atoms with Crippen molar-refractivity contribution in [2.24, 2.45) is 0 Å². The summed E-state index contributed by atoms with van der Waals surface area (Å²) < 4.78 is 53.8. The van der Waals surface area contributed by atoms with Gasteiger partial charge < -0.3 is 19.7 Å². The maximum Gasteiger partial charge on any atom is 0.337 e. The number of esters is 1. The lowest BCUT2D eigenvalue weighted by Gasteiger charge is -2.09. The first kappa shape index (κ1) is 28.1. The van der Waals surface area contributed by atoms with E-state index in [1.807, 2.05) is 0 Å². The van der Waals surface area contributed by atoms with E-state index in [0.29, 0.717) is 0 Å². The van der Waals surface area contributed by atoms with Crippen molar-refractivity contribution in [2.45, 2.75) is 9.79 Å². The van der Waals surface area contributed by atoms with Crippen LogP contribution in [0.3, 0.4) is 0 Å². The molecule has 0 spiro atoms. The van der Waals surface area contributed by atoms with Gasteiger partial charge >= 0.3 is 11.9 Å². The van der Waals surface area contributed by atoms with Gasteiger partial charge in [-0.2, -0.15) is 0 Å². The number of rotatable bonds is 5. The summed E-state index contributed by atoms with van der Waals surface area (Å²) in [7, 11) is 4.28. The predicted octanol–water partition coefficient (Wildman–Crippen LogP) is 3.73. The molecule has 2 aromatic rings. The van der Waals surface area contributed by atoms with Gasteiger partial charge in [-0.15, -0.1) is 0 Å². The molecule has 16 heteroatoms. The van der Waals surface area contributed by atoms with E-state index in [1.165, 1.54) is 13.2 Å². The third-order valence-corrected chi connectivity index (χ3v) is 6.67. The van der Waals surface area contributed by atoms with E-state index < -0.39 is 45.7 Å². The Morgan fingerprint density at radius 2 is 1.31 bits per heavy atom. The zero-order valence-electron chi connectivity index (χ0n) is 15.8. The maximum absolute atomic E-state index is 11.3. The summed E-state index contributed by atoms with van der Waals surface area (Å²) in [6, 6.07) is 3.92. The highest BCUT2D eigenvalue weighted by atomic mass is 35.7. The molecule has 0 aliphatic rings. The topological polar surface area (TPSA) is 161 Å². The van der Waals surface area contributed by atoms with Gasteiger partial charge in [0.25, 0.3) is 18.1 Å². The molecule has 176 valence electrons. The van der Waals surface area contributed by atoms with Crippen molar-refractivity contribution in [2.75, 3.05) is 14.2 Å². The number of phenols is 1. The molecule has 0 amide bonds. The Kier molecular flexibility index (Phi) is 9.45. The number of aromatic carboxylic acids is 1. The van der Waals surface area contributed by atoms with Crippen molar-refractivity contribution in [3.8, 4) is 11.5 Å². The molecule has 0 radical (unpaired) electrons. The molecule has 0 aliphatic heterocycles. The number of carbonyl (C=O) groups excluding carboxylic acids is 1. The molecule has 0 heterocycles. The first-order valence-corrected chi connectivity index (χ1v) is 13.0. The zero-order valence-corrected chi connectivity index (χ0v) is 20.5. The smallest absolute Gasteiger partial charge is 0.337 e. The normalized spacial score (nSPS) is 11.2. The SMILES string of the molecule is COC(=O)c1cc(Cl)c(OC)c(S(=O)(=O)Cl)c1.O=C(O)c1cc(Cl)c(O)c(S(=O)(=O)Cl)c1. The second kappa shape index (κ2) is 10.8. The summed E-state index contributed by atoms with van der Waals surface area (Å²) in [5.74, 6) is -2.99. The number of hydrogen-bond acceptors (Lipinski definition) is 9. The van der Waals surface area contributed by atoms with Crippen molar-refractivity contribution >= 4 is 74.6 Å². The Labute approximate surface area is 201 Å². The van der Waals surface area contributed by atoms with Crippen molar-refractivity contribution in [1.29, 1.82) is 0 Å². The number of phenolic OH excluding ortho intramolecular Hbond substituents is 1. The van der Waals surface area contributed by atoms with Crippen LogP contribution in [0.25, 0.3) is 0 Å². The molecule has 0 aliphatic carbocycles. The molecular formula is C16H12Cl4O10S2. The summed E-state index contributed by atoms with van der Waals surface area (Å²) >= 11 is 11.2. The second-order valence-electron chi connectivity index (χ2n) is 5.47. The molecule has 0 fully saturated rings. The number of carboxylic acid groups (broad SMARTS) is 1. The van der Waals surface area contributed by atoms with Crippen LogP contribution >= 0.6 is 44.6 Å². The highest BCUT2D eigenvalue weighted by molar-refractivity contribution is 8.14. The Hall–Kier alpha value is -1.96. The molecule has 10 nitrogen and oxygen atoms in total. The largest absolute Gasteiger partial charge is 0.505 e. The molecule has 2 rings (SSSR count). The fourth-order valence-corrected chi connectivity index (χ4v) is 4.68. The van der Waals surface area contributed by atoms with E-state index in [9.17, 15) is 31.5 Å². The number of hydrogen-bond donors (Lipinski definition) is 2. The predicted molar refractivity (Wildman–Crippen MR) is 115 cm³/mol. The summed E-state index contributed by atoms with van der Waals surface area (Å²) in [6.45, 7) is 0. The van der Waals surface area contributed by atoms with Crippen LogP contribution in [-0.4, -0.2) is 53.2 Å². The third-order valence-electron chi connectivity index (χ3n) is 3.44. The van der Waals surface area contributed by atoms with Crippen LogP contribution in [-0.2, 0) is 22.8 Å². The molecule has 2 N–H and O–H groups in total. The highest BCUT2D eigenvalue weighted by Crippen LogP contribution is 2.36. The van der Waals surface area contributed by atoms with E-state index in [4.69, 9.17) is 54.4 Å². The van der Waals surface area contributed by atoms with Crippen LogP contribution in [0.4, 0.5) is 0 Å². The van der Waals surface area contributed by atoms with Gasteiger partial charge in [0.05, 0.1) is 35.4 Å². The first-order chi connectivity index (χ1) is 14.5. The average Bonchev–Trinajstić information content (AvgIpc) is 2.67. The molecule has 0 aromatic heterocycles. The van der Waals surface area contributed by atoms with Crippen molar-refractivity contribution in [3.05, 3.63) is 45.4 Å². The van der Waals surface area contributed by atoms with Gasteiger partial charge in [0.1, 0.15) is 9.79 Å². The number of benzene rings is 2. The second-order valence-corrected chi connectivity index (χ2v) is 11.3. The zero-order chi connectivity index (χ0) is 25.0. The molecular weight excluding hydrogens is 558 g/mol. The average molecular weight is 570 g/mol. The van der Waals surface area contributed by atoms with Gasteiger partial charge in [0.15, 0.2) is 11.5 Å². The molecule has 0 unspecified atom stereocenters. The van der Waals surface area contributed by atoms with E-state index in [2.05, 4.69) is 4.74 Å². The van der Waals surface area contributed by atoms with E-state index in [-0.39, 0.29) is 26.8 Å². The summed E-state index contributed by atoms with van der Waals surface area (Å²) in [5, 5.41) is 17.4. The van der Waals surface area contributed by atoms with Gasteiger partial charge in [0.2, 0.25) is 0 Å². The van der Waals surface area contributed by atoms with E-state index >= 15 is 0 Å². The van der Waals surface area contributed by atoms with Gasteiger partial charge in [-0.05, 0) is 24.3 Å². The van der Waals surface area contributed by atoms with E-state index in [0.717, 1.165) is 25.3 Å². The lowest BCUT2D eigenvalue weighted by molar-refractivity contribution is 0.0599.